The highest BCUT2D eigenvalue weighted by molar-refractivity contribution is 6.24. The summed E-state index contributed by atoms with van der Waals surface area (Å²) in [5, 5.41) is 59.5. The number of aliphatic hydroxyl groups excluding tert-OH is 3. The lowest BCUT2D eigenvalue weighted by Gasteiger charge is -2.53. The number of carbonyl (C=O) groups is 4. The molecule has 12 nitrogen and oxygen atoms in total. The average molecular weight is 556 g/mol. The maximum absolute atomic E-state index is 14.0. The lowest BCUT2D eigenvalue weighted by atomic mass is 9.54. The average Bonchev–Trinajstić information content (AvgIpc) is 3.42. The minimum Gasteiger partial charge on any atom is -0.508 e. The number of phenols is 1. The van der Waals surface area contributed by atoms with Crippen LogP contribution >= 0.6 is 0 Å². The van der Waals surface area contributed by atoms with Crippen molar-refractivity contribution in [3.05, 3.63) is 40.2 Å². The van der Waals surface area contributed by atoms with E-state index in [0.717, 1.165) is 25.7 Å². The maximum Gasteiger partial charge on any atom is 0.255 e. The van der Waals surface area contributed by atoms with Gasteiger partial charge >= 0.3 is 0 Å². The number of primary amides is 1. The highest BCUT2D eigenvalue weighted by Crippen LogP contribution is 2.57. The number of carbonyl (C=O) groups excluding carboxylic acids is 4. The number of Topliss-reactive ketones (excluding diaryl/α,β-unsaturated/α-hetero) is 2. The molecule has 1 aromatic carbocycles. The van der Waals surface area contributed by atoms with Crippen LogP contribution in [0.4, 0.5) is 5.69 Å². The van der Waals surface area contributed by atoms with Crippen molar-refractivity contribution in [2.75, 3.05) is 19.4 Å². The molecule has 0 radical (unpaired) electrons. The van der Waals surface area contributed by atoms with Crippen LogP contribution in [0.1, 0.15) is 49.7 Å². The maximum atomic E-state index is 14.0. The van der Waals surface area contributed by atoms with Crippen LogP contribution in [0.2, 0.25) is 0 Å². The van der Waals surface area contributed by atoms with Crippen LogP contribution in [0.3, 0.4) is 0 Å². The molecule has 12 heteroatoms. The summed E-state index contributed by atoms with van der Waals surface area (Å²) < 4.78 is 0. The highest BCUT2D eigenvalue weighted by Gasteiger charge is 2.68. The quantitative estimate of drug-likeness (QED) is 0.203. The molecule has 0 heterocycles. The summed E-state index contributed by atoms with van der Waals surface area (Å²) in [4.78, 5) is 53.7. The first-order valence-electron chi connectivity index (χ1n) is 13.2. The number of phenolic OH excluding ortho intramolecular Hbond substituents is 1. The molecule has 2 fully saturated rings. The summed E-state index contributed by atoms with van der Waals surface area (Å²) in [5.74, 6) is -10.1. The number of hydrogen-bond acceptors (Lipinski definition) is 10. The van der Waals surface area contributed by atoms with Crippen LogP contribution in [-0.2, 0) is 19.2 Å². The smallest absolute Gasteiger partial charge is 0.255 e. The third kappa shape index (κ3) is 3.62. The third-order valence-corrected chi connectivity index (χ3v) is 9.09. The first kappa shape index (κ1) is 27.8. The van der Waals surface area contributed by atoms with Gasteiger partial charge in [-0.1, -0.05) is 19.8 Å². The molecule has 2 unspecified atom stereocenters. The second-order valence-electron chi connectivity index (χ2n) is 11.4. The van der Waals surface area contributed by atoms with Crippen molar-refractivity contribution in [3.63, 3.8) is 0 Å². The molecule has 0 aromatic heterocycles. The van der Waals surface area contributed by atoms with Gasteiger partial charge in [-0.05, 0) is 50.6 Å². The fraction of sp³-hybridized carbons (Fsp3) is 0.500. The second kappa shape index (κ2) is 9.43. The normalized spacial score (nSPS) is 32.2. The number of nitrogens with one attached hydrogen (secondary N) is 1. The van der Waals surface area contributed by atoms with E-state index in [4.69, 9.17) is 5.73 Å². The Balaban J connectivity index is 1.72. The van der Waals surface area contributed by atoms with Gasteiger partial charge in [-0.15, -0.1) is 0 Å². The number of aliphatic hydroxyl groups is 4. The Kier molecular flexibility index (Phi) is 6.55. The van der Waals surface area contributed by atoms with Crippen molar-refractivity contribution in [2.45, 2.75) is 56.3 Å². The fourth-order valence-electron chi connectivity index (χ4n) is 7.23. The van der Waals surface area contributed by atoms with E-state index in [0.29, 0.717) is 0 Å². The molecule has 214 valence electrons. The molecule has 1 aromatic rings. The van der Waals surface area contributed by atoms with E-state index >= 15 is 0 Å². The Hall–Kier alpha value is -3.74. The van der Waals surface area contributed by atoms with Gasteiger partial charge in [0, 0.05) is 23.1 Å². The zero-order valence-corrected chi connectivity index (χ0v) is 22.3. The summed E-state index contributed by atoms with van der Waals surface area (Å²) in [6.07, 6.45) is 1.62. The SMILES string of the molecule is CC1c2c(NC(=O)C3CCCC3)ccc(O)c2C(O)=C2C(=O)[C@@]3(O)C(O)=C(C(N)=O)C(=O)[C@H](N(C)C)[C@@H]3C(O)[C@H]21. The largest absolute Gasteiger partial charge is 0.508 e. The number of nitrogens with zero attached hydrogens (tertiary/aromatic N) is 1. The number of amides is 2. The molecule has 5 rings (SSSR count). The zero-order valence-electron chi connectivity index (χ0n) is 22.3. The lowest BCUT2D eigenvalue weighted by molar-refractivity contribution is -0.169. The monoisotopic (exact) mass is 555 g/mol. The summed E-state index contributed by atoms with van der Waals surface area (Å²) in [7, 11) is 2.89. The molecule has 4 aliphatic carbocycles. The van der Waals surface area contributed by atoms with E-state index in [1.807, 2.05) is 0 Å². The molecule has 2 amide bonds. The van der Waals surface area contributed by atoms with Gasteiger partial charge in [0.1, 0.15) is 22.8 Å². The van der Waals surface area contributed by atoms with Crippen molar-refractivity contribution in [2.24, 2.45) is 23.5 Å². The Morgan fingerprint density at radius 2 is 1.73 bits per heavy atom. The van der Waals surface area contributed by atoms with Crippen molar-refractivity contribution in [3.8, 4) is 5.75 Å². The van der Waals surface area contributed by atoms with Crippen LogP contribution in [0.25, 0.3) is 5.76 Å². The Labute approximate surface area is 229 Å². The molecule has 0 bridgehead atoms. The van der Waals surface area contributed by atoms with Crippen LogP contribution in [-0.4, -0.2) is 85.7 Å². The van der Waals surface area contributed by atoms with Gasteiger partial charge in [-0.25, -0.2) is 0 Å². The van der Waals surface area contributed by atoms with E-state index in [1.165, 1.54) is 31.1 Å². The van der Waals surface area contributed by atoms with Crippen LogP contribution in [0.15, 0.2) is 29.0 Å². The summed E-state index contributed by atoms with van der Waals surface area (Å²) >= 11 is 0. The molecular formula is C28H33N3O9. The number of fused-ring (bicyclic) bond motifs is 3. The molecule has 6 atom stereocenters. The van der Waals surface area contributed by atoms with Gasteiger partial charge in [0.25, 0.3) is 5.91 Å². The minimum atomic E-state index is -2.98. The van der Waals surface area contributed by atoms with Crippen molar-refractivity contribution in [1.29, 1.82) is 0 Å². The Bertz CT molecular complexity index is 1410. The summed E-state index contributed by atoms with van der Waals surface area (Å²) in [6.45, 7) is 1.63. The van der Waals surface area contributed by atoms with Gasteiger partial charge in [-0.2, -0.15) is 0 Å². The predicted octanol–water partition coefficient (Wildman–Crippen LogP) is 0.625. The van der Waals surface area contributed by atoms with Gasteiger partial charge < -0.3 is 36.6 Å². The van der Waals surface area contributed by atoms with Gasteiger partial charge in [0.2, 0.25) is 11.7 Å². The number of ketones is 2. The first-order chi connectivity index (χ1) is 18.7. The fourth-order valence-corrected chi connectivity index (χ4v) is 7.23. The number of likely N-dealkylation sites (N-methyl/N-ethyl adjacent to an activating group) is 1. The highest BCUT2D eigenvalue weighted by atomic mass is 16.4. The summed E-state index contributed by atoms with van der Waals surface area (Å²) in [6, 6.07) is 1.28. The molecule has 2 saturated carbocycles. The van der Waals surface area contributed by atoms with Crippen molar-refractivity contribution < 1.29 is 44.7 Å². The molecule has 0 spiro atoms. The van der Waals surface area contributed by atoms with Crippen molar-refractivity contribution in [1.82, 2.24) is 4.90 Å². The van der Waals surface area contributed by atoms with Gasteiger partial charge in [-0.3, -0.25) is 24.1 Å². The molecule has 4 aliphatic rings. The number of aromatic hydroxyl groups is 1. The standard InChI is InChI=1S/C28H33N3O9/c1-10-14-12(30-27(39)11-6-4-5-7-11)8-9-13(32)16(14)21(33)17-15(10)22(34)19-20(31(2)3)23(35)18(26(29)38)25(37)28(19,40)24(17)36/h8-11,15,19-20,22,32-34,37,40H,4-7H2,1-3H3,(H2,29,38)(H,30,39)/t10?,15-,19+,20+,22?,28+/m0/s1. The number of anilines is 1. The minimum absolute atomic E-state index is 0.166. The zero-order chi connectivity index (χ0) is 29.4. The molecule has 8 N–H and O–H groups in total. The number of rotatable bonds is 4. The number of hydrogen-bond donors (Lipinski definition) is 7. The third-order valence-electron chi connectivity index (χ3n) is 9.09. The van der Waals surface area contributed by atoms with E-state index in [-0.39, 0.29) is 28.6 Å². The van der Waals surface area contributed by atoms with Crippen LogP contribution in [0.5, 0.6) is 5.75 Å². The molecule has 0 aliphatic heterocycles. The van der Waals surface area contributed by atoms with Crippen LogP contribution in [0, 0.1) is 17.8 Å². The van der Waals surface area contributed by atoms with Gasteiger partial charge in [0.15, 0.2) is 11.4 Å². The van der Waals surface area contributed by atoms with Crippen LogP contribution < -0.4 is 11.1 Å². The topological polar surface area (TPSA) is 211 Å². The van der Waals surface area contributed by atoms with E-state index < -0.39 is 81.4 Å². The van der Waals surface area contributed by atoms with E-state index in [9.17, 15) is 44.7 Å². The second-order valence-corrected chi connectivity index (χ2v) is 11.4. The van der Waals surface area contributed by atoms with Crippen molar-refractivity contribution >= 4 is 34.8 Å². The number of nitrogens with two attached hydrogens (primary N) is 1. The molecular weight excluding hydrogens is 522 g/mol. The molecule has 0 saturated heterocycles. The Morgan fingerprint density at radius 1 is 1.10 bits per heavy atom. The van der Waals surface area contributed by atoms with E-state index in [2.05, 4.69) is 5.32 Å². The van der Waals surface area contributed by atoms with Gasteiger partial charge in [0.05, 0.1) is 23.6 Å². The predicted molar refractivity (Wildman–Crippen MR) is 141 cm³/mol. The summed E-state index contributed by atoms with van der Waals surface area (Å²) in [5.41, 5.74) is 1.28. The lowest BCUT2D eigenvalue weighted by Crippen LogP contribution is -2.70. The molecule has 40 heavy (non-hydrogen) atoms. The number of benzene rings is 1. The Morgan fingerprint density at radius 3 is 2.30 bits per heavy atom. The van der Waals surface area contributed by atoms with E-state index in [1.54, 1.807) is 6.92 Å². The first-order valence-corrected chi connectivity index (χ1v) is 13.2.